The van der Waals surface area contributed by atoms with Crippen LogP contribution in [0.5, 0.6) is 0 Å². The monoisotopic (exact) mass is 335 g/mol. The van der Waals surface area contributed by atoms with Crippen LogP contribution in [0.15, 0.2) is 12.1 Å². The molecular formula is C16H17NO3S2. The van der Waals surface area contributed by atoms with E-state index in [-0.39, 0.29) is 11.9 Å². The van der Waals surface area contributed by atoms with Crippen molar-refractivity contribution in [2.75, 3.05) is 12.4 Å². The third kappa shape index (κ3) is 2.94. The first-order valence-electron chi connectivity index (χ1n) is 7.20. The van der Waals surface area contributed by atoms with Gasteiger partial charge in [-0.1, -0.05) is 0 Å². The maximum Gasteiger partial charge on any atom is 0.348 e. The summed E-state index contributed by atoms with van der Waals surface area (Å²) in [6, 6.07) is 3.82. The summed E-state index contributed by atoms with van der Waals surface area (Å²) in [5.74, 6) is -0.466. The second-order valence-electron chi connectivity index (χ2n) is 5.33. The highest BCUT2D eigenvalue weighted by molar-refractivity contribution is 7.18. The van der Waals surface area contributed by atoms with Crippen molar-refractivity contribution in [1.29, 1.82) is 0 Å². The van der Waals surface area contributed by atoms with Crippen LogP contribution >= 0.6 is 22.7 Å². The van der Waals surface area contributed by atoms with E-state index in [0.717, 1.165) is 23.3 Å². The molecule has 0 radical (unpaired) electrons. The average Bonchev–Trinajstić information content (AvgIpc) is 3.09. The van der Waals surface area contributed by atoms with Gasteiger partial charge in [0.25, 0.3) is 5.91 Å². The molecule has 6 heteroatoms. The summed E-state index contributed by atoms with van der Waals surface area (Å²) in [4.78, 5) is 26.6. The lowest BCUT2D eigenvalue weighted by Gasteiger charge is -2.08. The van der Waals surface area contributed by atoms with Crippen LogP contribution in [-0.2, 0) is 17.6 Å². The minimum absolute atomic E-state index is 0.0999. The fourth-order valence-corrected chi connectivity index (χ4v) is 4.75. The molecule has 22 heavy (non-hydrogen) atoms. The number of hydrogen-bond donors (Lipinski definition) is 1. The van der Waals surface area contributed by atoms with E-state index >= 15 is 0 Å². The standard InChI is InChI=1S/C16H17NO3S2/c1-9-7-13(22-14(9)16(19)20-2)17-15(18)12-8-10-5-3-4-6-11(10)21-12/h7-8H,3-6H2,1-2H3,(H,17,18). The van der Waals surface area contributed by atoms with Crippen LogP contribution in [0, 0.1) is 6.92 Å². The van der Waals surface area contributed by atoms with Gasteiger partial charge in [-0.25, -0.2) is 4.79 Å². The van der Waals surface area contributed by atoms with E-state index in [2.05, 4.69) is 5.32 Å². The second kappa shape index (κ2) is 6.22. The van der Waals surface area contributed by atoms with E-state index in [9.17, 15) is 9.59 Å². The summed E-state index contributed by atoms with van der Waals surface area (Å²) < 4.78 is 4.74. The van der Waals surface area contributed by atoms with Crippen molar-refractivity contribution >= 4 is 39.6 Å². The van der Waals surface area contributed by atoms with Gasteiger partial charge in [-0.15, -0.1) is 22.7 Å². The van der Waals surface area contributed by atoms with Gasteiger partial charge in [-0.05, 0) is 55.9 Å². The number of hydrogen-bond acceptors (Lipinski definition) is 5. The van der Waals surface area contributed by atoms with E-state index in [1.165, 1.54) is 41.7 Å². The quantitative estimate of drug-likeness (QED) is 0.862. The molecule has 0 bridgehead atoms. The van der Waals surface area contributed by atoms with Gasteiger partial charge in [0, 0.05) is 4.88 Å². The third-order valence-corrected chi connectivity index (χ3v) is 6.11. The lowest BCUT2D eigenvalue weighted by molar-refractivity contribution is 0.0605. The minimum Gasteiger partial charge on any atom is -0.465 e. The smallest absolute Gasteiger partial charge is 0.348 e. The number of nitrogens with one attached hydrogen (secondary N) is 1. The Balaban J connectivity index is 1.77. The largest absolute Gasteiger partial charge is 0.465 e. The van der Waals surface area contributed by atoms with Crippen molar-refractivity contribution < 1.29 is 14.3 Å². The SMILES string of the molecule is COC(=O)c1sc(NC(=O)c2cc3c(s2)CCCC3)cc1C. The zero-order chi connectivity index (χ0) is 15.7. The van der Waals surface area contributed by atoms with Crippen LogP contribution in [0.4, 0.5) is 5.00 Å². The molecule has 0 saturated heterocycles. The van der Waals surface area contributed by atoms with Gasteiger partial charge < -0.3 is 10.1 Å². The highest BCUT2D eigenvalue weighted by Gasteiger charge is 2.19. The first-order chi connectivity index (χ1) is 10.6. The van der Waals surface area contributed by atoms with Gasteiger partial charge in [0.05, 0.1) is 17.0 Å². The Labute approximate surface area is 137 Å². The maximum atomic E-state index is 12.4. The van der Waals surface area contributed by atoms with Gasteiger partial charge in [-0.2, -0.15) is 0 Å². The zero-order valence-electron chi connectivity index (χ0n) is 12.5. The number of fused-ring (bicyclic) bond motifs is 1. The molecule has 1 N–H and O–H groups in total. The summed E-state index contributed by atoms with van der Waals surface area (Å²) >= 11 is 2.83. The summed E-state index contributed by atoms with van der Waals surface area (Å²) in [7, 11) is 1.36. The maximum absolute atomic E-state index is 12.4. The number of thiophene rings is 2. The number of rotatable bonds is 3. The molecule has 2 aromatic heterocycles. The number of methoxy groups -OCH3 is 1. The number of aryl methyl sites for hydroxylation is 3. The van der Waals surface area contributed by atoms with Crippen molar-refractivity contribution in [3.63, 3.8) is 0 Å². The van der Waals surface area contributed by atoms with Gasteiger partial charge in [-0.3, -0.25) is 4.79 Å². The summed E-state index contributed by atoms with van der Waals surface area (Å²) in [5.41, 5.74) is 2.14. The van der Waals surface area contributed by atoms with E-state index in [1.54, 1.807) is 11.3 Å². The fourth-order valence-electron chi connectivity index (χ4n) is 2.62. The minimum atomic E-state index is -0.366. The third-order valence-electron chi connectivity index (χ3n) is 3.75. The van der Waals surface area contributed by atoms with Crippen molar-refractivity contribution in [1.82, 2.24) is 0 Å². The Morgan fingerprint density at radius 1 is 1.18 bits per heavy atom. The van der Waals surface area contributed by atoms with Crippen LogP contribution in [0.1, 0.15) is 48.2 Å². The highest BCUT2D eigenvalue weighted by atomic mass is 32.1. The van der Waals surface area contributed by atoms with E-state index in [4.69, 9.17) is 4.74 Å². The van der Waals surface area contributed by atoms with Crippen LogP contribution in [0.3, 0.4) is 0 Å². The van der Waals surface area contributed by atoms with Crippen molar-refractivity contribution in [3.8, 4) is 0 Å². The molecule has 1 aliphatic rings. The molecule has 116 valence electrons. The molecule has 0 saturated carbocycles. The molecule has 4 nitrogen and oxygen atoms in total. The van der Waals surface area contributed by atoms with E-state index < -0.39 is 0 Å². The molecule has 0 fully saturated rings. The predicted molar refractivity (Wildman–Crippen MR) is 89.3 cm³/mol. The van der Waals surface area contributed by atoms with Crippen LogP contribution in [0.2, 0.25) is 0 Å². The Morgan fingerprint density at radius 3 is 2.68 bits per heavy atom. The number of esters is 1. The second-order valence-corrected chi connectivity index (χ2v) is 7.52. The van der Waals surface area contributed by atoms with Gasteiger partial charge >= 0.3 is 5.97 Å². The summed E-state index contributed by atoms with van der Waals surface area (Å²) in [6.45, 7) is 1.84. The Kier molecular flexibility index (Phi) is 4.31. The van der Waals surface area contributed by atoms with Crippen molar-refractivity contribution in [2.45, 2.75) is 32.6 Å². The van der Waals surface area contributed by atoms with Gasteiger partial charge in [0.15, 0.2) is 0 Å². The molecule has 1 aliphatic carbocycles. The Hall–Kier alpha value is -1.66. The van der Waals surface area contributed by atoms with Crippen LogP contribution < -0.4 is 5.32 Å². The molecule has 0 aromatic carbocycles. The highest BCUT2D eigenvalue weighted by Crippen LogP contribution is 2.31. The van der Waals surface area contributed by atoms with Crippen LogP contribution in [-0.4, -0.2) is 19.0 Å². The first-order valence-corrected chi connectivity index (χ1v) is 8.83. The number of anilines is 1. The van der Waals surface area contributed by atoms with E-state index in [0.29, 0.717) is 9.88 Å². The topological polar surface area (TPSA) is 55.4 Å². The van der Waals surface area contributed by atoms with Gasteiger partial charge in [0.2, 0.25) is 0 Å². The van der Waals surface area contributed by atoms with E-state index in [1.807, 2.05) is 19.1 Å². The van der Waals surface area contributed by atoms with Crippen molar-refractivity contribution in [3.05, 3.63) is 37.9 Å². The molecule has 2 heterocycles. The Morgan fingerprint density at radius 2 is 1.95 bits per heavy atom. The summed E-state index contributed by atoms with van der Waals surface area (Å²) in [6.07, 6.45) is 4.57. The Bertz CT molecular complexity index is 706. The van der Waals surface area contributed by atoms with Crippen LogP contribution in [0.25, 0.3) is 0 Å². The molecule has 3 rings (SSSR count). The number of amides is 1. The van der Waals surface area contributed by atoms with Gasteiger partial charge in [0.1, 0.15) is 4.88 Å². The predicted octanol–water partition coefficient (Wildman–Crippen LogP) is 4.04. The average molecular weight is 335 g/mol. The molecule has 0 atom stereocenters. The van der Waals surface area contributed by atoms with Crippen molar-refractivity contribution in [2.24, 2.45) is 0 Å². The molecule has 0 spiro atoms. The molecule has 0 aliphatic heterocycles. The number of carbonyl (C=O) groups excluding carboxylic acids is 2. The molecule has 0 unspecified atom stereocenters. The number of ether oxygens (including phenoxy) is 1. The molecule has 2 aromatic rings. The zero-order valence-corrected chi connectivity index (χ0v) is 14.2. The molecule has 1 amide bonds. The first kappa shape index (κ1) is 15.2. The normalized spacial score (nSPS) is 13.5. The molecular weight excluding hydrogens is 318 g/mol. The number of carbonyl (C=O) groups is 2. The summed E-state index contributed by atoms with van der Waals surface area (Å²) in [5, 5.41) is 3.57. The lowest BCUT2D eigenvalue weighted by atomic mass is 9.99. The lowest BCUT2D eigenvalue weighted by Crippen LogP contribution is -2.08. The fraction of sp³-hybridized carbons (Fsp3) is 0.375.